The van der Waals surface area contributed by atoms with Crippen LogP contribution in [0.25, 0.3) is 0 Å². The van der Waals surface area contributed by atoms with E-state index >= 15 is 0 Å². The quantitative estimate of drug-likeness (QED) is 0.337. The van der Waals surface area contributed by atoms with Crippen LogP contribution < -0.4 is 16.0 Å². The van der Waals surface area contributed by atoms with Crippen LogP contribution >= 0.6 is 0 Å². The van der Waals surface area contributed by atoms with Gasteiger partial charge >= 0.3 is 0 Å². The molecule has 0 radical (unpaired) electrons. The molecule has 2 fully saturated rings. The van der Waals surface area contributed by atoms with E-state index in [1.807, 2.05) is 0 Å². The summed E-state index contributed by atoms with van der Waals surface area (Å²) >= 11 is 0. The van der Waals surface area contributed by atoms with Crippen LogP contribution in [0.5, 0.6) is 0 Å². The normalized spacial score (nSPS) is 22.2. The smallest absolute Gasteiger partial charge is 0.223 e. The van der Waals surface area contributed by atoms with Crippen molar-refractivity contribution in [2.75, 3.05) is 39.3 Å². The standard InChI is InChI=1S/C18H35N5O/c1-3-16-7-5-6-13-23(16)14-12-22-18(19-4-2)21-11-10-20-17(24)15-8-9-15/h15-16H,3-14H2,1-2H3,(H,20,24)(H2,19,21,22). The van der Waals surface area contributed by atoms with Crippen LogP contribution in [0.15, 0.2) is 4.99 Å². The molecule has 1 saturated carbocycles. The van der Waals surface area contributed by atoms with Gasteiger partial charge in [0.2, 0.25) is 5.91 Å². The molecular weight excluding hydrogens is 302 g/mol. The van der Waals surface area contributed by atoms with Crippen LogP contribution in [-0.2, 0) is 4.79 Å². The molecule has 6 heteroatoms. The zero-order valence-electron chi connectivity index (χ0n) is 15.4. The number of carbonyl (C=O) groups is 1. The first kappa shape index (κ1) is 19.0. The van der Waals surface area contributed by atoms with Crippen LogP contribution in [0.3, 0.4) is 0 Å². The highest BCUT2D eigenvalue weighted by Crippen LogP contribution is 2.28. The Morgan fingerprint density at radius 3 is 2.58 bits per heavy atom. The van der Waals surface area contributed by atoms with Crippen molar-refractivity contribution in [3.63, 3.8) is 0 Å². The van der Waals surface area contributed by atoms with Gasteiger partial charge in [-0.3, -0.25) is 14.7 Å². The Kier molecular flexibility index (Phi) is 8.36. The summed E-state index contributed by atoms with van der Waals surface area (Å²) in [6, 6.07) is 0.738. The summed E-state index contributed by atoms with van der Waals surface area (Å²) in [4.78, 5) is 18.9. The summed E-state index contributed by atoms with van der Waals surface area (Å²) < 4.78 is 0. The first-order valence-corrected chi connectivity index (χ1v) is 9.78. The highest BCUT2D eigenvalue weighted by molar-refractivity contribution is 5.81. The summed E-state index contributed by atoms with van der Waals surface area (Å²) in [5, 5.41) is 9.55. The molecule has 0 bridgehead atoms. The van der Waals surface area contributed by atoms with Crippen LogP contribution in [0.1, 0.15) is 52.4 Å². The van der Waals surface area contributed by atoms with Gasteiger partial charge in [-0.25, -0.2) is 0 Å². The molecule has 1 unspecified atom stereocenters. The van der Waals surface area contributed by atoms with Gasteiger partial charge in [-0.2, -0.15) is 0 Å². The van der Waals surface area contributed by atoms with E-state index in [4.69, 9.17) is 0 Å². The minimum atomic E-state index is 0.203. The van der Waals surface area contributed by atoms with E-state index in [2.05, 4.69) is 39.7 Å². The number of piperidine rings is 1. The molecule has 0 spiro atoms. The van der Waals surface area contributed by atoms with Crippen molar-refractivity contribution in [2.45, 2.75) is 58.4 Å². The summed E-state index contributed by atoms with van der Waals surface area (Å²) in [6.07, 6.45) is 7.37. The van der Waals surface area contributed by atoms with Crippen molar-refractivity contribution in [2.24, 2.45) is 10.9 Å². The van der Waals surface area contributed by atoms with Gasteiger partial charge in [-0.15, -0.1) is 0 Å². The third-order valence-electron chi connectivity index (χ3n) is 4.89. The molecule has 24 heavy (non-hydrogen) atoms. The van der Waals surface area contributed by atoms with Crippen molar-refractivity contribution in [3.05, 3.63) is 0 Å². The second-order valence-electron chi connectivity index (χ2n) is 6.85. The van der Waals surface area contributed by atoms with Crippen LogP contribution in [-0.4, -0.2) is 62.1 Å². The van der Waals surface area contributed by atoms with Gasteiger partial charge in [0.15, 0.2) is 5.96 Å². The molecule has 1 saturated heterocycles. The number of aliphatic imine (C=N–C) groups is 1. The third kappa shape index (κ3) is 6.67. The first-order valence-electron chi connectivity index (χ1n) is 9.78. The fourth-order valence-electron chi connectivity index (χ4n) is 3.31. The molecule has 0 aromatic heterocycles. The Morgan fingerprint density at radius 2 is 1.88 bits per heavy atom. The molecule has 1 aliphatic carbocycles. The van der Waals surface area contributed by atoms with Gasteiger partial charge < -0.3 is 16.0 Å². The minimum Gasteiger partial charge on any atom is -0.357 e. The molecule has 1 atom stereocenters. The van der Waals surface area contributed by atoms with Gasteiger partial charge in [0.25, 0.3) is 0 Å². The van der Waals surface area contributed by atoms with E-state index in [9.17, 15) is 4.79 Å². The molecule has 0 aromatic carbocycles. The number of carbonyl (C=O) groups excluding carboxylic acids is 1. The molecule has 0 aromatic rings. The number of nitrogens with one attached hydrogen (secondary N) is 3. The molecule has 1 heterocycles. The number of nitrogens with zero attached hydrogens (tertiary/aromatic N) is 2. The Bertz CT molecular complexity index is 408. The largest absolute Gasteiger partial charge is 0.357 e. The van der Waals surface area contributed by atoms with E-state index in [1.54, 1.807) is 0 Å². The number of rotatable bonds is 9. The number of hydrogen-bond donors (Lipinski definition) is 3. The first-order chi connectivity index (χ1) is 11.7. The summed E-state index contributed by atoms with van der Waals surface area (Å²) in [5.41, 5.74) is 0. The van der Waals surface area contributed by atoms with Gasteiger partial charge in [0.05, 0.1) is 6.54 Å². The summed E-state index contributed by atoms with van der Waals surface area (Å²) in [6.45, 7) is 9.65. The van der Waals surface area contributed by atoms with Crippen LogP contribution in [0.2, 0.25) is 0 Å². The minimum absolute atomic E-state index is 0.203. The zero-order chi connectivity index (χ0) is 17.2. The van der Waals surface area contributed by atoms with Crippen molar-refractivity contribution < 1.29 is 4.79 Å². The molecule has 1 aliphatic heterocycles. The predicted octanol–water partition coefficient (Wildman–Crippen LogP) is 1.33. The van der Waals surface area contributed by atoms with E-state index in [-0.39, 0.29) is 11.8 Å². The fraction of sp³-hybridized carbons (Fsp3) is 0.889. The van der Waals surface area contributed by atoms with Crippen molar-refractivity contribution >= 4 is 11.9 Å². The molecule has 3 N–H and O–H groups in total. The van der Waals surface area contributed by atoms with E-state index in [0.717, 1.165) is 44.5 Å². The molecular formula is C18H35N5O. The van der Waals surface area contributed by atoms with Crippen molar-refractivity contribution in [1.82, 2.24) is 20.9 Å². The third-order valence-corrected chi connectivity index (χ3v) is 4.89. The monoisotopic (exact) mass is 337 g/mol. The lowest BCUT2D eigenvalue weighted by Gasteiger charge is -2.34. The van der Waals surface area contributed by atoms with E-state index in [0.29, 0.717) is 13.1 Å². The maximum absolute atomic E-state index is 11.6. The second-order valence-corrected chi connectivity index (χ2v) is 6.85. The molecule has 1 amide bonds. The summed E-state index contributed by atoms with van der Waals surface area (Å²) in [5.74, 6) is 1.33. The maximum atomic E-state index is 11.6. The van der Waals surface area contributed by atoms with Gasteiger partial charge in [0.1, 0.15) is 0 Å². The lowest BCUT2D eigenvalue weighted by molar-refractivity contribution is -0.122. The van der Waals surface area contributed by atoms with Gasteiger partial charge in [0, 0.05) is 38.1 Å². The number of hydrogen-bond acceptors (Lipinski definition) is 3. The Balaban J connectivity index is 1.66. The fourth-order valence-corrected chi connectivity index (χ4v) is 3.31. The van der Waals surface area contributed by atoms with Crippen molar-refractivity contribution in [3.8, 4) is 0 Å². The number of likely N-dealkylation sites (tertiary alicyclic amines) is 1. The van der Waals surface area contributed by atoms with Gasteiger partial charge in [-0.05, 0) is 45.6 Å². The highest BCUT2D eigenvalue weighted by atomic mass is 16.2. The summed E-state index contributed by atoms with van der Waals surface area (Å²) in [7, 11) is 0. The average molecular weight is 338 g/mol. The molecule has 2 aliphatic rings. The zero-order valence-corrected chi connectivity index (χ0v) is 15.4. The van der Waals surface area contributed by atoms with E-state index in [1.165, 1.54) is 32.2 Å². The molecule has 138 valence electrons. The number of guanidine groups is 1. The molecule has 2 rings (SSSR count). The average Bonchev–Trinajstić information content (AvgIpc) is 3.44. The highest BCUT2D eigenvalue weighted by Gasteiger charge is 2.28. The SMILES string of the molecule is CCNC(=NCCN1CCCCC1CC)NCCNC(=O)C1CC1. The van der Waals surface area contributed by atoms with Crippen LogP contribution in [0, 0.1) is 5.92 Å². The topological polar surface area (TPSA) is 68.8 Å². The Labute approximate surface area is 146 Å². The van der Waals surface area contributed by atoms with Gasteiger partial charge in [-0.1, -0.05) is 13.3 Å². The Morgan fingerprint density at radius 1 is 1.08 bits per heavy atom. The maximum Gasteiger partial charge on any atom is 0.223 e. The lowest BCUT2D eigenvalue weighted by Crippen LogP contribution is -2.43. The second kappa shape index (κ2) is 10.5. The number of amides is 1. The van der Waals surface area contributed by atoms with Crippen molar-refractivity contribution in [1.29, 1.82) is 0 Å². The molecule has 6 nitrogen and oxygen atoms in total. The Hall–Kier alpha value is -1.30. The predicted molar refractivity (Wildman–Crippen MR) is 99.2 cm³/mol. The van der Waals surface area contributed by atoms with Crippen LogP contribution in [0.4, 0.5) is 0 Å². The lowest BCUT2D eigenvalue weighted by atomic mass is 10.0. The van der Waals surface area contributed by atoms with E-state index < -0.39 is 0 Å².